The molecule has 0 aromatic heterocycles. The van der Waals surface area contributed by atoms with Crippen molar-refractivity contribution in [2.24, 2.45) is 5.92 Å². The Morgan fingerprint density at radius 3 is 2.42 bits per heavy atom. The zero-order valence-corrected chi connectivity index (χ0v) is 19.7. The molecule has 0 fully saturated rings. The number of aryl methyl sites for hydroxylation is 1. The molecule has 3 aromatic rings. The highest BCUT2D eigenvalue weighted by molar-refractivity contribution is 6.08. The number of carbonyl (C=O) groups is 2. The third kappa shape index (κ3) is 4.69. The van der Waals surface area contributed by atoms with Crippen LogP contribution in [0.2, 0.25) is 0 Å². The molecule has 0 aliphatic carbocycles. The Bertz CT molecular complexity index is 1170. The van der Waals surface area contributed by atoms with Gasteiger partial charge < -0.3 is 15.5 Å². The number of carbonyl (C=O) groups excluding carboxylic acids is 2. The van der Waals surface area contributed by atoms with Crippen molar-refractivity contribution in [3.8, 4) is 0 Å². The molecule has 0 saturated carbocycles. The number of benzene rings is 3. The van der Waals surface area contributed by atoms with Crippen LogP contribution in [0.1, 0.15) is 57.3 Å². The van der Waals surface area contributed by atoms with Crippen LogP contribution in [0.4, 0.5) is 11.4 Å². The van der Waals surface area contributed by atoms with Crippen LogP contribution in [-0.2, 0) is 0 Å². The lowest BCUT2D eigenvalue weighted by Gasteiger charge is -2.25. The Morgan fingerprint density at radius 2 is 1.70 bits per heavy atom. The van der Waals surface area contributed by atoms with Crippen molar-refractivity contribution >= 4 is 23.2 Å². The number of anilines is 2. The summed E-state index contributed by atoms with van der Waals surface area (Å²) in [5, 5.41) is 6.53. The standard InChI is InChI=1S/C28H31N3O2/c1-18(2)26-24-9-5-6-11-25(24)31(17-16-29-26)28(33)21-12-14-22(15-13-21)30-27(32)23-10-7-8-19(3)20(23)4/h5-15,18,26,29H,16-17H2,1-4H3,(H,30,32). The van der Waals surface area contributed by atoms with Gasteiger partial charge in [-0.3, -0.25) is 9.59 Å². The topological polar surface area (TPSA) is 61.4 Å². The number of nitrogens with one attached hydrogen (secondary N) is 2. The molecule has 33 heavy (non-hydrogen) atoms. The van der Waals surface area contributed by atoms with Gasteiger partial charge in [-0.2, -0.15) is 0 Å². The zero-order valence-electron chi connectivity index (χ0n) is 19.7. The van der Waals surface area contributed by atoms with Gasteiger partial charge >= 0.3 is 0 Å². The molecule has 0 bridgehead atoms. The molecule has 1 aliphatic heterocycles. The molecule has 3 aromatic carbocycles. The van der Waals surface area contributed by atoms with Gasteiger partial charge in [-0.1, -0.05) is 44.2 Å². The lowest BCUT2D eigenvalue weighted by Crippen LogP contribution is -2.35. The molecule has 5 heteroatoms. The maximum absolute atomic E-state index is 13.4. The zero-order chi connectivity index (χ0) is 23.5. The average molecular weight is 442 g/mol. The summed E-state index contributed by atoms with van der Waals surface area (Å²) in [6.07, 6.45) is 0. The van der Waals surface area contributed by atoms with E-state index in [-0.39, 0.29) is 17.9 Å². The third-order valence-electron chi connectivity index (χ3n) is 6.41. The quantitative estimate of drug-likeness (QED) is 0.562. The first-order valence-corrected chi connectivity index (χ1v) is 11.5. The number of nitrogens with zero attached hydrogens (tertiary/aromatic N) is 1. The Labute approximate surface area is 195 Å². The van der Waals surface area contributed by atoms with Crippen molar-refractivity contribution in [2.75, 3.05) is 23.3 Å². The molecule has 2 N–H and O–H groups in total. The molecule has 1 heterocycles. The lowest BCUT2D eigenvalue weighted by atomic mass is 9.94. The number of fused-ring (bicyclic) bond motifs is 1. The minimum atomic E-state index is -0.150. The summed E-state index contributed by atoms with van der Waals surface area (Å²) in [7, 11) is 0. The summed E-state index contributed by atoms with van der Waals surface area (Å²) >= 11 is 0. The van der Waals surface area contributed by atoms with E-state index >= 15 is 0 Å². The second-order valence-corrected chi connectivity index (χ2v) is 8.97. The van der Waals surface area contributed by atoms with Crippen LogP contribution >= 0.6 is 0 Å². The maximum atomic E-state index is 13.4. The first kappa shape index (κ1) is 22.7. The second-order valence-electron chi connectivity index (χ2n) is 8.97. The van der Waals surface area contributed by atoms with Gasteiger partial charge in [0.1, 0.15) is 0 Å². The van der Waals surface area contributed by atoms with Crippen LogP contribution in [-0.4, -0.2) is 24.9 Å². The van der Waals surface area contributed by atoms with E-state index in [2.05, 4.69) is 30.5 Å². The summed E-state index contributed by atoms with van der Waals surface area (Å²) in [6, 6.07) is 21.2. The SMILES string of the molecule is Cc1cccc(C(=O)Nc2ccc(C(=O)N3CCNC(C(C)C)c4ccccc43)cc2)c1C. The summed E-state index contributed by atoms with van der Waals surface area (Å²) < 4.78 is 0. The fourth-order valence-corrected chi connectivity index (χ4v) is 4.41. The van der Waals surface area contributed by atoms with Gasteiger partial charge in [0.15, 0.2) is 0 Å². The molecule has 170 valence electrons. The van der Waals surface area contributed by atoms with Crippen LogP contribution in [0, 0.1) is 19.8 Å². The van der Waals surface area contributed by atoms with Crippen molar-refractivity contribution in [1.29, 1.82) is 0 Å². The molecule has 0 radical (unpaired) electrons. The monoisotopic (exact) mass is 441 g/mol. The van der Waals surface area contributed by atoms with E-state index in [1.807, 2.05) is 55.1 Å². The van der Waals surface area contributed by atoms with Crippen LogP contribution in [0.5, 0.6) is 0 Å². The van der Waals surface area contributed by atoms with Crippen molar-refractivity contribution in [3.63, 3.8) is 0 Å². The molecule has 0 saturated heterocycles. The minimum absolute atomic E-state index is 0.0407. The largest absolute Gasteiger partial charge is 0.322 e. The van der Waals surface area contributed by atoms with Gasteiger partial charge in [-0.25, -0.2) is 0 Å². The van der Waals surface area contributed by atoms with Gasteiger partial charge in [-0.05, 0) is 72.9 Å². The van der Waals surface area contributed by atoms with Crippen LogP contribution in [0.15, 0.2) is 66.7 Å². The number of amides is 2. The molecule has 1 atom stereocenters. The van der Waals surface area contributed by atoms with Crippen molar-refractivity contribution in [2.45, 2.75) is 33.7 Å². The van der Waals surface area contributed by atoms with Crippen molar-refractivity contribution < 1.29 is 9.59 Å². The molecule has 2 amide bonds. The van der Waals surface area contributed by atoms with Gasteiger partial charge in [0, 0.05) is 41.6 Å². The third-order valence-corrected chi connectivity index (χ3v) is 6.41. The van der Waals surface area contributed by atoms with E-state index in [9.17, 15) is 9.59 Å². The smallest absolute Gasteiger partial charge is 0.258 e. The summed E-state index contributed by atoms with van der Waals surface area (Å²) in [6.45, 7) is 9.65. The van der Waals surface area contributed by atoms with Crippen LogP contribution in [0.3, 0.4) is 0 Å². The molecular formula is C28H31N3O2. The Morgan fingerprint density at radius 1 is 0.970 bits per heavy atom. The van der Waals surface area contributed by atoms with Crippen molar-refractivity contribution in [1.82, 2.24) is 5.32 Å². The highest BCUT2D eigenvalue weighted by Crippen LogP contribution is 2.33. The van der Waals surface area contributed by atoms with Crippen molar-refractivity contribution in [3.05, 3.63) is 94.5 Å². The van der Waals surface area contributed by atoms with E-state index in [1.165, 1.54) is 0 Å². The first-order chi connectivity index (χ1) is 15.9. The number of hydrogen-bond donors (Lipinski definition) is 2. The summed E-state index contributed by atoms with van der Waals surface area (Å²) in [5.41, 5.74) is 6.07. The fourth-order valence-electron chi connectivity index (χ4n) is 4.41. The number of rotatable bonds is 4. The predicted molar refractivity (Wildman–Crippen MR) is 134 cm³/mol. The average Bonchev–Trinajstić information content (AvgIpc) is 3.01. The van der Waals surface area contributed by atoms with E-state index in [4.69, 9.17) is 0 Å². The molecular weight excluding hydrogens is 410 g/mol. The highest BCUT2D eigenvalue weighted by atomic mass is 16.2. The maximum Gasteiger partial charge on any atom is 0.258 e. The van der Waals surface area contributed by atoms with Gasteiger partial charge in [0.25, 0.3) is 11.8 Å². The van der Waals surface area contributed by atoms with E-state index in [0.717, 1.165) is 28.9 Å². The summed E-state index contributed by atoms with van der Waals surface area (Å²) in [4.78, 5) is 28.0. The Hall–Kier alpha value is -3.44. The van der Waals surface area contributed by atoms with Gasteiger partial charge in [0.05, 0.1) is 0 Å². The molecule has 0 spiro atoms. The predicted octanol–water partition coefficient (Wildman–Crippen LogP) is 5.50. The highest BCUT2D eigenvalue weighted by Gasteiger charge is 2.28. The Kier molecular flexibility index (Phi) is 6.61. The number of para-hydroxylation sites is 1. The molecule has 5 nitrogen and oxygen atoms in total. The Balaban J connectivity index is 1.54. The summed E-state index contributed by atoms with van der Waals surface area (Å²) in [5.74, 6) is 0.227. The van der Waals surface area contributed by atoms with Crippen LogP contribution < -0.4 is 15.5 Å². The fraction of sp³-hybridized carbons (Fsp3) is 0.286. The molecule has 1 aliphatic rings. The van der Waals surface area contributed by atoms with Gasteiger partial charge in [0.2, 0.25) is 0 Å². The minimum Gasteiger partial charge on any atom is -0.322 e. The lowest BCUT2D eigenvalue weighted by molar-refractivity contribution is 0.0986. The van der Waals surface area contributed by atoms with E-state index in [0.29, 0.717) is 29.3 Å². The molecule has 4 rings (SSSR count). The normalized spacial score (nSPS) is 15.7. The first-order valence-electron chi connectivity index (χ1n) is 11.5. The van der Waals surface area contributed by atoms with Crippen LogP contribution in [0.25, 0.3) is 0 Å². The van der Waals surface area contributed by atoms with E-state index in [1.54, 1.807) is 24.3 Å². The van der Waals surface area contributed by atoms with E-state index < -0.39 is 0 Å². The second kappa shape index (κ2) is 9.59. The number of hydrogen-bond acceptors (Lipinski definition) is 3. The van der Waals surface area contributed by atoms with Gasteiger partial charge in [-0.15, -0.1) is 0 Å². The molecule has 1 unspecified atom stereocenters.